The molecule has 1 unspecified atom stereocenters. The number of amides is 1. The molecule has 0 aliphatic carbocycles. The molecule has 4 aromatic rings. The lowest BCUT2D eigenvalue weighted by Gasteiger charge is -2.30. The van der Waals surface area contributed by atoms with E-state index < -0.39 is 6.04 Å². The van der Waals surface area contributed by atoms with Crippen LogP contribution in [0.25, 0.3) is 22.7 Å². The van der Waals surface area contributed by atoms with Gasteiger partial charge in [-0.15, -0.1) is 0 Å². The number of hydrogen-bond acceptors (Lipinski definition) is 4. The van der Waals surface area contributed by atoms with Crippen LogP contribution in [0.4, 0.5) is 0 Å². The zero-order chi connectivity index (χ0) is 24.8. The van der Waals surface area contributed by atoms with Crippen molar-refractivity contribution in [1.29, 1.82) is 0 Å². The van der Waals surface area contributed by atoms with Crippen LogP contribution in [0.3, 0.4) is 0 Å². The number of para-hydroxylation sites is 2. The van der Waals surface area contributed by atoms with E-state index in [0.29, 0.717) is 29.8 Å². The molecule has 35 heavy (non-hydrogen) atoms. The molecule has 1 aromatic heterocycles. The van der Waals surface area contributed by atoms with Gasteiger partial charge in [-0.3, -0.25) is 14.2 Å². The van der Waals surface area contributed by atoms with Gasteiger partial charge in [0.15, 0.2) is 0 Å². The number of hydrogen-bond donors (Lipinski definition) is 0. The number of rotatable bonds is 8. The highest BCUT2D eigenvalue weighted by atomic mass is 16.2. The van der Waals surface area contributed by atoms with E-state index in [1.165, 1.54) is 0 Å². The van der Waals surface area contributed by atoms with E-state index in [-0.39, 0.29) is 11.5 Å². The molecule has 178 valence electrons. The average molecular weight is 467 g/mol. The number of carbonyl (C=O) groups is 1. The highest BCUT2D eigenvalue weighted by molar-refractivity contribution is 5.92. The first-order valence-electron chi connectivity index (χ1n) is 11.7. The fourth-order valence-electron chi connectivity index (χ4n) is 4.03. The quantitative estimate of drug-likeness (QED) is 0.358. The summed E-state index contributed by atoms with van der Waals surface area (Å²) in [6.45, 7) is 3.10. The van der Waals surface area contributed by atoms with E-state index in [1.54, 1.807) is 21.6 Å². The third-order valence-electron chi connectivity index (χ3n) is 5.95. The van der Waals surface area contributed by atoms with Crippen molar-refractivity contribution in [3.63, 3.8) is 0 Å². The first kappa shape index (κ1) is 24.1. The molecule has 1 atom stereocenters. The van der Waals surface area contributed by atoms with Crippen molar-refractivity contribution in [2.75, 3.05) is 27.2 Å². The van der Waals surface area contributed by atoms with E-state index in [4.69, 9.17) is 4.98 Å². The van der Waals surface area contributed by atoms with Crippen LogP contribution in [0.1, 0.15) is 24.4 Å². The highest BCUT2D eigenvalue weighted by Gasteiger charge is 2.25. The van der Waals surface area contributed by atoms with Crippen molar-refractivity contribution < 1.29 is 4.79 Å². The summed E-state index contributed by atoms with van der Waals surface area (Å²) in [5.41, 5.74) is 2.14. The SMILES string of the molecule is CC(c1nc2ccccc2c(=O)n1-c1ccccc1)N(CCN(C)C)C(=O)/C=C/c1ccccc1. The Morgan fingerprint density at radius 1 is 0.914 bits per heavy atom. The summed E-state index contributed by atoms with van der Waals surface area (Å²) in [6, 6.07) is 26.1. The molecule has 0 aliphatic heterocycles. The Kier molecular flexibility index (Phi) is 7.53. The molecule has 1 heterocycles. The number of nitrogens with zero attached hydrogens (tertiary/aromatic N) is 4. The fraction of sp³-hybridized carbons (Fsp3) is 0.207. The van der Waals surface area contributed by atoms with Gasteiger partial charge in [-0.25, -0.2) is 4.98 Å². The van der Waals surface area contributed by atoms with E-state index in [2.05, 4.69) is 0 Å². The molecule has 6 heteroatoms. The lowest BCUT2D eigenvalue weighted by Crippen LogP contribution is -2.40. The Bertz CT molecular complexity index is 1380. The Balaban J connectivity index is 1.81. The first-order chi connectivity index (χ1) is 17.0. The summed E-state index contributed by atoms with van der Waals surface area (Å²) in [4.78, 5) is 35.8. The smallest absolute Gasteiger partial charge is 0.266 e. The molecule has 1 amide bonds. The van der Waals surface area contributed by atoms with Gasteiger partial charge in [-0.1, -0.05) is 60.7 Å². The Morgan fingerprint density at radius 2 is 1.54 bits per heavy atom. The van der Waals surface area contributed by atoms with Crippen LogP contribution in [-0.4, -0.2) is 52.4 Å². The summed E-state index contributed by atoms with van der Waals surface area (Å²) < 4.78 is 1.63. The third kappa shape index (κ3) is 5.55. The number of benzene rings is 3. The normalized spacial score (nSPS) is 12.3. The van der Waals surface area contributed by atoms with E-state index in [1.807, 2.05) is 111 Å². The van der Waals surface area contributed by atoms with Crippen LogP contribution in [-0.2, 0) is 4.79 Å². The third-order valence-corrected chi connectivity index (χ3v) is 5.95. The van der Waals surface area contributed by atoms with Crippen LogP contribution < -0.4 is 5.56 Å². The molecule has 0 saturated carbocycles. The second-order valence-electron chi connectivity index (χ2n) is 8.72. The molecule has 6 nitrogen and oxygen atoms in total. The number of fused-ring (bicyclic) bond motifs is 1. The van der Waals surface area contributed by atoms with Crippen molar-refractivity contribution in [1.82, 2.24) is 19.4 Å². The Morgan fingerprint density at radius 3 is 2.23 bits per heavy atom. The molecule has 0 aliphatic rings. The molecule has 0 spiro atoms. The summed E-state index contributed by atoms with van der Waals surface area (Å²) in [5.74, 6) is 0.394. The molecule has 0 fully saturated rings. The highest BCUT2D eigenvalue weighted by Crippen LogP contribution is 2.23. The molecule has 0 bridgehead atoms. The lowest BCUT2D eigenvalue weighted by atomic mass is 10.1. The van der Waals surface area contributed by atoms with Gasteiger partial charge < -0.3 is 9.80 Å². The summed E-state index contributed by atoms with van der Waals surface area (Å²) in [7, 11) is 3.95. The lowest BCUT2D eigenvalue weighted by molar-refractivity contribution is -0.128. The van der Waals surface area contributed by atoms with Gasteiger partial charge >= 0.3 is 0 Å². The van der Waals surface area contributed by atoms with Gasteiger partial charge in [-0.05, 0) is 56.9 Å². The van der Waals surface area contributed by atoms with Crippen molar-refractivity contribution in [2.24, 2.45) is 0 Å². The Hall–Kier alpha value is -4.03. The molecular formula is C29H30N4O2. The molecule has 3 aromatic carbocycles. The van der Waals surface area contributed by atoms with Crippen molar-refractivity contribution in [3.05, 3.63) is 113 Å². The van der Waals surface area contributed by atoms with Crippen molar-refractivity contribution >= 4 is 22.9 Å². The largest absolute Gasteiger partial charge is 0.328 e. The molecule has 0 radical (unpaired) electrons. The van der Waals surface area contributed by atoms with Crippen LogP contribution >= 0.6 is 0 Å². The summed E-state index contributed by atoms with van der Waals surface area (Å²) in [6.07, 6.45) is 3.41. The predicted octanol–water partition coefficient (Wildman–Crippen LogP) is 4.55. The predicted molar refractivity (Wildman–Crippen MR) is 141 cm³/mol. The maximum atomic E-state index is 13.6. The molecule has 4 rings (SSSR count). The standard InChI is InChI=1S/C29H30N4O2/c1-22(32(21-20-31(2)3)27(34)19-18-23-12-6-4-7-13-23)28-30-26-17-11-10-16-25(26)29(35)33(28)24-14-8-5-9-15-24/h4-19,22H,20-21H2,1-3H3/b19-18+. The summed E-state index contributed by atoms with van der Waals surface area (Å²) >= 11 is 0. The van der Waals surface area contributed by atoms with Crippen LogP contribution in [0.2, 0.25) is 0 Å². The average Bonchev–Trinajstić information content (AvgIpc) is 2.88. The Labute approximate surface area is 205 Å². The van der Waals surface area contributed by atoms with Gasteiger partial charge in [-0.2, -0.15) is 0 Å². The van der Waals surface area contributed by atoms with Gasteiger partial charge in [0.2, 0.25) is 5.91 Å². The minimum Gasteiger partial charge on any atom is -0.328 e. The van der Waals surface area contributed by atoms with E-state index in [0.717, 1.165) is 11.3 Å². The first-order valence-corrected chi connectivity index (χ1v) is 11.7. The molecule has 0 N–H and O–H groups in total. The second-order valence-corrected chi connectivity index (χ2v) is 8.72. The zero-order valence-electron chi connectivity index (χ0n) is 20.3. The maximum absolute atomic E-state index is 13.6. The number of carbonyl (C=O) groups excluding carboxylic acids is 1. The monoisotopic (exact) mass is 466 g/mol. The minimum absolute atomic E-state index is 0.134. The zero-order valence-corrected chi connectivity index (χ0v) is 20.3. The van der Waals surface area contributed by atoms with Gasteiger partial charge in [0.25, 0.3) is 5.56 Å². The van der Waals surface area contributed by atoms with Crippen molar-refractivity contribution in [2.45, 2.75) is 13.0 Å². The minimum atomic E-state index is -0.444. The fourth-order valence-corrected chi connectivity index (χ4v) is 4.03. The number of aromatic nitrogens is 2. The number of likely N-dealkylation sites (N-methyl/N-ethyl adjacent to an activating group) is 1. The molecular weight excluding hydrogens is 436 g/mol. The van der Waals surface area contributed by atoms with E-state index >= 15 is 0 Å². The second kappa shape index (κ2) is 10.9. The van der Waals surface area contributed by atoms with Gasteiger partial charge in [0, 0.05) is 19.2 Å². The van der Waals surface area contributed by atoms with Gasteiger partial charge in [0.1, 0.15) is 5.82 Å². The topological polar surface area (TPSA) is 58.4 Å². The van der Waals surface area contributed by atoms with Gasteiger partial charge in [0.05, 0.1) is 22.6 Å². The van der Waals surface area contributed by atoms with Crippen LogP contribution in [0.15, 0.2) is 95.8 Å². The molecule has 0 saturated heterocycles. The van der Waals surface area contributed by atoms with E-state index in [9.17, 15) is 9.59 Å². The summed E-state index contributed by atoms with van der Waals surface area (Å²) in [5, 5.41) is 0.544. The van der Waals surface area contributed by atoms with Crippen LogP contribution in [0.5, 0.6) is 0 Å². The maximum Gasteiger partial charge on any atom is 0.266 e. The van der Waals surface area contributed by atoms with Crippen molar-refractivity contribution in [3.8, 4) is 5.69 Å². The van der Waals surface area contributed by atoms with Crippen LogP contribution in [0, 0.1) is 0 Å².